The number of carbonyl (C=O) groups is 2. The molecule has 1 amide bonds. The number of fused-ring (bicyclic) bond motifs is 2. The average Bonchev–Trinajstić information content (AvgIpc) is 3.29. The lowest BCUT2D eigenvalue weighted by Gasteiger charge is -2.22. The summed E-state index contributed by atoms with van der Waals surface area (Å²) in [5, 5.41) is 1.32. The minimum atomic E-state index is -0.843. The Hall–Kier alpha value is -3.00. The molecule has 5 rings (SSSR count). The first-order chi connectivity index (χ1) is 16.1. The first-order valence-electron chi connectivity index (χ1n) is 10.4. The molecule has 0 saturated heterocycles. The van der Waals surface area contributed by atoms with Crippen LogP contribution in [0.15, 0.2) is 39.5 Å². The van der Waals surface area contributed by atoms with Crippen molar-refractivity contribution >= 4 is 62.3 Å². The molecule has 4 aromatic rings. The highest BCUT2D eigenvalue weighted by atomic mass is 35.5. The van der Waals surface area contributed by atoms with Crippen LogP contribution in [0, 0.1) is 20.8 Å². The number of rotatable bonds is 3. The second kappa shape index (κ2) is 8.05. The van der Waals surface area contributed by atoms with Crippen LogP contribution in [-0.4, -0.2) is 16.7 Å². The van der Waals surface area contributed by atoms with Crippen molar-refractivity contribution in [2.45, 2.75) is 33.7 Å². The Bertz CT molecular complexity index is 1600. The Labute approximate surface area is 208 Å². The number of Topliss-reactive ketones (excluding diaryl/α,β-unsaturated/α-hetero) is 1. The predicted octanol–water partition coefficient (Wildman–Crippen LogP) is 6.43. The minimum absolute atomic E-state index is 0.0472. The number of carbonyl (C=O) groups excluding carboxylic acids is 2. The van der Waals surface area contributed by atoms with Gasteiger partial charge in [-0.1, -0.05) is 40.6 Å². The molecule has 0 bridgehead atoms. The number of hydrogen-bond acceptors (Lipinski definition) is 6. The van der Waals surface area contributed by atoms with Crippen LogP contribution < -0.4 is 10.3 Å². The number of benzene rings is 2. The summed E-state index contributed by atoms with van der Waals surface area (Å²) in [6, 6.07) is 7.65. The Morgan fingerprint density at radius 2 is 1.76 bits per heavy atom. The van der Waals surface area contributed by atoms with E-state index in [0.717, 1.165) is 22.5 Å². The molecule has 9 heteroatoms. The largest absolute Gasteiger partial charge is 0.450 e. The average molecular weight is 513 g/mol. The van der Waals surface area contributed by atoms with Gasteiger partial charge in [-0.2, -0.15) is 0 Å². The first-order valence-corrected chi connectivity index (χ1v) is 12.0. The second-order valence-electron chi connectivity index (χ2n) is 8.33. The number of amides is 1. The third kappa shape index (κ3) is 3.38. The Morgan fingerprint density at radius 1 is 1.06 bits per heavy atom. The fraction of sp³-hybridized carbons (Fsp3) is 0.200. The Kier molecular flexibility index (Phi) is 5.39. The molecule has 172 valence electrons. The number of anilines is 1. The van der Waals surface area contributed by atoms with Crippen LogP contribution in [0.2, 0.25) is 10.0 Å². The van der Waals surface area contributed by atoms with Gasteiger partial charge < -0.3 is 4.42 Å². The van der Waals surface area contributed by atoms with Crippen molar-refractivity contribution in [2.24, 2.45) is 0 Å². The van der Waals surface area contributed by atoms with E-state index in [1.165, 1.54) is 11.8 Å². The van der Waals surface area contributed by atoms with Gasteiger partial charge in [-0.15, -0.1) is 0 Å². The lowest BCUT2D eigenvalue weighted by atomic mass is 9.97. The van der Waals surface area contributed by atoms with Crippen LogP contribution in [0.4, 0.5) is 5.13 Å². The van der Waals surface area contributed by atoms with E-state index in [0.29, 0.717) is 37.3 Å². The van der Waals surface area contributed by atoms with E-state index in [4.69, 9.17) is 27.6 Å². The number of aryl methyl sites for hydroxylation is 3. The van der Waals surface area contributed by atoms with Gasteiger partial charge in [0.1, 0.15) is 5.58 Å². The van der Waals surface area contributed by atoms with Crippen LogP contribution in [-0.2, 0) is 0 Å². The summed E-state index contributed by atoms with van der Waals surface area (Å²) in [7, 11) is 0. The second-order valence-corrected chi connectivity index (χ2v) is 10.1. The van der Waals surface area contributed by atoms with Crippen molar-refractivity contribution in [2.75, 3.05) is 4.90 Å². The quantitative estimate of drug-likeness (QED) is 0.295. The van der Waals surface area contributed by atoms with Gasteiger partial charge in [-0.3, -0.25) is 19.3 Å². The smallest absolute Gasteiger partial charge is 0.297 e. The molecule has 1 unspecified atom stereocenters. The van der Waals surface area contributed by atoms with Crippen molar-refractivity contribution in [3.8, 4) is 0 Å². The molecule has 0 radical (unpaired) electrons. The zero-order valence-corrected chi connectivity index (χ0v) is 21.0. The van der Waals surface area contributed by atoms with Crippen molar-refractivity contribution in [3.05, 3.63) is 89.2 Å². The molecule has 3 heterocycles. The van der Waals surface area contributed by atoms with Gasteiger partial charge in [0.2, 0.25) is 5.76 Å². The maximum Gasteiger partial charge on any atom is 0.297 e. The highest BCUT2D eigenvalue weighted by molar-refractivity contribution is 7.17. The van der Waals surface area contributed by atoms with Crippen molar-refractivity contribution in [1.82, 2.24) is 4.98 Å². The highest BCUT2D eigenvalue weighted by Crippen LogP contribution is 2.44. The maximum absolute atomic E-state index is 13.8. The van der Waals surface area contributed by atoms with E-state index >= 15 is 0 Å². The normalized spacial score (nSPS) is 15.3. The molecule has 0 saturated carbocycles. The van der Waals surface area contributed by atoms with Gasteiger partial charge in [0.05, 0.1) is 37.6 Å². The SMILES string of the molecule is CC(=O)c1sc(N2C(=O)c3oc4cc(C)c(C)cc4c(=O)c3C2c2ccc(Cl)c(Cl)c2)nc1C. The summed E-state index contributed by atoms with van der Waals surface area (Å²) in [6.07, 6.45) is 0. The van der Waals surface area contributed by atoms with Crippen molar-refractivity contribution < 1.29 is 14.0 Å². The fourth-order valence-corrected chi connectivity index (χ4v) is 5.53. The summed E-state index contributed by atoms with van der Waals surface area (Å²) in [6.45, 7) is 6.98. The summed E-state index contributed by atoms with van der Waals surface area (Å²) in [5.41, 5.74) is 3.22. The molecule has 34 heavy (non-hydrogen) atoms. The Morgan fingerprint density at radius 3 is 2.41 bits per heavy atom. The number of ketones is 1. The molecule has 1 aliphatic rings. The van der Waals surface area contributed by atoms with E-state index in [1.807, 2.05) is 13.8 Å². The van der Waals surface area contributed by atoms with Gasteiger partial charge in [0, 0.05) is 6.92 Å². The number of thiazole rings is 1. The standard InChI is InChI=1S/C25H18Cl2N2O4S/c1-10-7-15-18(8-11(10)2)33-22-19(21(15)31)20(14-5-6-16(26)17(27)9-14)29(24(22)32)25-28-12(3)23(34-25)13(4)30/h5-9,20H,1-4H3. The van der Waals surface area contributed by atoms with E-state index in [9.17, 15) is 14.4 Å². The molecular formula is C25H18Cl2N2O4S. The van der Waals surface area contributed by atoms with Gasteiger partial charge in [0.15, 0.2) is 16.3 Å². The van der Waals surface area contributed by atoms with Gasteiger partial charge in [0.25, 0.3) is 5.91 Å². The van der Waals surface area contributed by atoms with Gasteiger partial charge >= 0.3 is 0 Å². The van der Waals surface area contributed by atoms with E-state index in [2.05, 4.69) is 4.98 Å². The molecule has 0 N–H and O–H groups in total. The summed E-state index contributed by atoms with van der Waals surface area (Å²) in [4.78, 5) is 45.8. The number of aromatic nitrogens is 1. The fourth-order valence-electron chi connectivity index (χ4n) is 4.24. The van der Waals surface area contributed by atoms with Gasteiger partial charge in [-0.05, 0) is 61.7 Å². The molecule has 2 aromatic heterocycles. The molecule has 1 aliphatic heterocycles. The number of halogens is 2. The minimum Gasteiger partial charge on any atom is -0.450 e. The topological polar surface area (TPSA) is 80.5 Å². The lowest BCUT2D eigenvalue weighted by molar-refractivity contribution is 0.0969. The summed E-state index contributed by atoms with van der Waals surface area (Å²) in [5.74, 6) is -0.705. The Balaban J connectivity index is 1.83. The van der Waals surface area contributed by atoms with Crippen LogP contribution in [0.25, 0.3) is 11.0 Å². The third-order valence-electron chi connectivity index (χ3n) is 6.06. The zero-order chi connectivity index (χ0) is 24.5. The monoisotopic (exact) mass is 512 g/mol. The first kappa shape index (κ1) is 22.8. The highest BCUT2D eigenvalue weighted by Gasteiger charge is 2.45. The molecule has 0 aliphatic carbocycles. The lowest BCUT2D eigenvalue weighted by Crippen LogP contribution is -2.29. The van der Waals surface area contributed by atoms with E-state index in [-0.39, 0.29) is 27.6 Å². The van der Waals surface area contributed by atoms with E-state index in [1.54, 1.807) is 37.3 Å². The maximum atomic E-state index is 13.8. The molecule has 2 aromatic carbocycles. The molecule has 1 atom stereocenters. The van der Waals surface area contributed by atoms with Gasteiger partial charge in [-0.25, -0.2) is 4.98 Å². The van der Waals surface area contributed by atoms with Crippen LogP contribution in [0.3, 0.4) is 0 Å². The zero-order valence-electron chi connectivity index (χ0n) is 18.7. The molecule has 6 nitrogen and oxygen atoms in total. The summed E-state index contributed by atoms with van der Waals surface area (Å²) < 4.78 is 6.03. The van der Waals surface area contributed by atoms with Crippen LogP contribution >= 0.6 is 34.5 Å². The third-order valence-corrected chi connectivity index (χ3v) is 8.05. The molecular weight excluding hydrogens is 495 g/mol. The van der Waals surface area contributed by atoms with Crippen molar-refractivity contribution in [1.29, 1.82) is 0 Å². The summed E-state index contributed by atoms with van der Waals surface area (Å²) >= 11 is 13.5. The van der Waals surface area contributed by atoms with Crippen LogP contribution in [0.1, 0.15) is 61.1 Å². The number of nitrogens with zero attached hydrogens (tertiary/aromatic N) is 2. The van der Waals surface area contributed by atoms with Crippen LogP contribution in [0.5, 0.6) is 0 Å². The van der Waals surface area contributed by atoms with E-state index < -0.39 is 11.9 Å². The molecule has 0 fully saturated rings. The number of hydrogen-bond donors (Lipinski definition) is 0. The molecule has 0 spiro atoms. The predicted molar refractivity (Wildman–Crippen MR) is 134 cm³/mol. The van der Waals surface area contributed by atoms with Crippen molar-refractivity contribution in [3.63, 3.8) is 0 Å².